The minimum atomic E-state index is -0.847. The van der Waals surface area contributed by atoms with Gasteiger partial charge in [-0.15, -0.1) is 0 Å². The van der Waals surface area contributed by atoms with Crippen molar-refractivity contribution in [2.45, 2.75) is 6.10 Å². The number of benzene rings is 1. The normalized spacial score (nSPS) is 11.6. The molecule has 7 heteroatoms. The number of aliphatic hydroxyl groups excluding tert-OH is 1. The summed E-state index contributed by atoms with van der Waals surface area (Å²) in [6.45, 7) is 0.0504. The maximum atomic E-state index is 11.8. The molecular weight excluding hydrogens is 306 g/mol. The van der Waals surface area contributed by atoms with Crippen molar-refractivity contribution in [3.8, 4) is 5.88 Å². The predicted molar refractivity (Wildman–Crippen MR) is 84.2 cm³/mol. The van der Waals surface area contributed by atoms with Crippen LogP contribution in [-0.4, -0.2) is 29.8 Å². The maximum absolute atomic E-state index is 11.8. The van der Waals surface area contributed by atoms with Gasteiger partial charge in [-0.05, 0) is 29.8 Å². The zero-order valence-corrected chi connectivity index (χ0v) is 12.7. The van der Waals surface area contributed by atoms with Crippen molar-refractivity contribution in [1.29, 1.82) is 0 Å². The number of amides is 2. The third kappa shape index (κ3) is 4.34. The SMILES string of the molecule is COc1ncccc1NC(=O)NC[C@H](O)c1cccc(Cl)c1. The van der Waals surface area contributed by atoms with Crippen molar-refractivity contribution in [1.82, 2.24) is 10.3 Å². The Balaban J connectivity index is 1.90. The highest BCUT2D eigenvalue weighted by atomic mass is 35.5. The van der Waals surface area contributed by atoms with E-state index in [9.17, 15) is 9.90 Å². The summed E-state index contributed by atoms with van der Waals surface area (Å²) in [5.74, 6) is 0.313. The van der Waals surface area contributed by atoms with Gasteiger partial charge in [0.2, 0.25) is 5.88 Å². The fourth-order valence-electron chi connectivity index (χ4n) is 1.84. The van der Waals surface area contributed by atoms with Crippen LogP contribution in [0.5, 0.6) is 5.88 Å². The fraction of sp³-hybridized carbons (Fsp3) is 0.200. The van der Waals surface area contributed by atoms with Gasteiger partial charge in [0.1, 0.15) is 5.69 Å². The molecule has 0 aliphatic carbocycles. The number of anilines is 1. The van der Waals surface area contributed by atoms with Crippen LogP contribution in [-0.2, 0) is 0 Å². The largest absolute Gasteiger partial charge is 0.480 e. The van der Waals surface area contributed by atoms with Gasteiger partial charge >= 0.3 is 6.03 Å². The molecule has 0 bridgehead atoms. The molecule has 0 aliphatic rings. The van der Waals surface area contributed by atoms with Crippen molar-refractivity contribution in [3.63, 3.8) is 0 Å². The molecule has 0 fully saturated rings. The maximum Gasteiger partial charge on any atom is 0.319 e. The van der Waals surface area contributed by atoms with Gasteiger partial charge in [0.15, 0.2) is 0 Å². The Kier molecular flexibility index (Phi) is 5.57. The number of aliphatic hydroxyl groups is 1. The molecule has 2 amide bonds. The number of carbonyl (C=O) groups is 1. The van der Waals surface area contributed by atoms with Gasteiger partial charge in [-0.2, -0.15) is 0 Å². The smallest absolute Gasteiger partial charge is 0.319 e. The van der Waals surface area contributed by atoms with E-state index in [1.165, 1.54) is 7.11 Å². The van der Waals surface area contributed by atoms with E-state index in [2.05, 4.69) is 15.6 Å². The molecule has 1 aromatic heterocycles. The quantitative estimate of drug-likeness (QED) is 0.790. The lowest BCUT2D eigenvalue weighted by Crippen LogP contribution is -2.32. The first-order valence-electron chi connectivity index (χ1n) is 6.57. The molecule has 0 unspecified atom stereocenters. The molecular formula is C15H16ClN3O3. The molecule has 0 spiro atoms. The second kappa shape index (κ2) is 7.63. The van der Waals surface area contributed by atoms with Crippen LogP contribution >= 0.6 is 11.6 Å². The number of nitrogens with zero attached hydrogens (tertiary/aromatic N) is 1. The van der Waals surface area contributed by atoms with Crippen LogP contribution in [0.4, 0.5) is 10.5 Å². The third-order valence-electron chi connectivity index (χ3n) is 2.90. The van der Waals surface area contributed by atoms with E-state index in [1.807, 2.05) is 0 Å². The molecule has 3 N–H and O–H groups in total. The van der Waals surface area contributed by atoms with Gasteiger partial charge in [-0.3, -0.25) is 0 Å². The highest BCUT2D eigenvalue weighted by Gasteiger charge is 2.11. The number of ether oxygens (including phenoxy) is 1. The van der Waals surface area contributed by atoms with Crippen LogP contribution in [0.25, 0.3) is 0 Å². The first kappa shape index (κ1) is 16.1. The number of methoxy groups -OCH3 is 1. The number of hydrogen-bond acceptors (Lipinski definition) is 4. The molecule has 1 heterocycles. The van der Waals surface area contributed by atoms with Gasteiger partial charge < -0.3 is 20.5 Å². The number of urea groups is 1. The number of halogens is 1. The summed E-state index contributed by atoms with van der Waals surface area (Å²) in [6, 6.07) is 9.72. The Hall–Kier alpha value is -2.31. The molecule has 0 radical (unpaired) electrons. The molecule has 2 rings (SSSR count). The summed E-state index contributed by atoms with van der Waals surface area (Å²) in [6.07, 6.45) is 0.713. The lowest BCUT2D eigenvalue weighted by atomic mass is 10.1. The fourth-order valence-corrected chi connectivity index (χ4v) is 2.03. The Morgan fingerprint density at radius 1 is 1.41 bits per heavy atom. The summed E-state index contributed by atoms with van der Waals surface area (Å²) in [5, 5.41) is 15.7. The number of rotatable bonds is 5. The molecule has 0 aliphatic heterocycles. The second-order valence-corrected chi connectivity index (χ2v) is 4.90. The number of pyridine rings is 1. The molecule has 0 saturated heterocycles. The van der Waals surface area contributed by atoms with E-state index in [-0.39, 0.29) is 6.54 Å². The van der Waals surface area contributed by atoms with Crippen LogP contribution in [0.2, 0.25) is 5.02 Å². The standard InChI is InChI=1S/C15H16ClN3O3/c1-22-14-12(6-3-7-17-14)19-15(21)18-9-13(20)10-4-2-5-11(16)8-10/h2-8,13,20H,9H2,1H3,(H2,18,19,21)/t13-/m0/s1. The highest BCUT2D eigenvalue weighted by molar-refractivity contribution is 6.30. The molecule has 1 atom stereocenters. The van der Waals surface area contributed by atoms with Crippen LogP contribution < -0.4 is 15.4 Å². The van der Waals surface area contributed by atoms with E-state index in [0.29, 0.717) is 22.2 Å². The number of hydrogen-bond donors (Lipinski definition) is 3. The molecule has 22 heavy (non-hydrogen) atoms. The monoisotopic (exact) mass is 321 g/mol. The number of aromatic nitrogens is 1. The summed E-state index contributed by atoms with van der Waals surface area (Å²) in [7, 11) is 1.47. The van der Waals surface area contributed by atoms with Crippen molar-refractivity contribution >= 4 is 23.3 Å². The minimum absolute atomic E-state index is 0.0504. The van der Waals surface area contributed by atoms with Gasteiger partial charge in [0, 0.05) is 17.8 Å². The molecule has 1 aromatic carbocycles. The van der Waals surface area contributed by atoms with Crippen molar-refractivity contribution < 1.29 is 14.6 Å². The van der Waals surface area contributed by atoms with E-state index in [0.717, 1.165) is 0 Å². The van der Waals surface area contributed by atoms with Crippen molar-refractivity contribution in [2.75, 3.05) is 19.0 Å². The van der Waals surface area contributed by atoms with Gasteiger partial charge in [-0.25, -0.2) is 9.78 Å². The van der Waals surface area contributed by atoms with E-state index < -0.39 is 12.1 Å². The lowest BCUT2D eigenvalue weighted by Gasteiger charge is -2.14. The Labute approximate surface area is 133 Å². The summed E-state index contributed by atoms with van der Waals surface area (Å²) >= 11 is 5.86. The van der Waals surface area contributed by atoms with Gasteiger partial charge in [0.05, 0.1) is 13.2 Å². The van der Waals surface area contributed by atoms with E-state index in [1.54, 1.807) is 42.6 Å². The topological polar surface area (TPSA) is 83.5 Å². The minimum Gasteiger partial charge on any atom is -0.480 e. The van der Waals surface area contributed by atoms with Gasteiger partial charge in [0.25, 0.3) is 0 Å². The lowest BCUT2D eigenvalue weighted by molar-refractivity contribution is 0.175. The Morgan fingerprint density at radius 3 is 2.95 bits per heavy atom. The molecule has 2 aromatic rings. The summed E-state index contributed by atoms with van der Waals surface area (Å²) in [4.78, 5) is 15.8. The van der Waals surface area contributed by atoms with Gasteiger partial charge in [-0.1, -0.05) is 23.7 Å². The zero-order valence-electron chi connectivity index (χ0n) is 11.9. The first-order valence-corrected chi connectivity index (χ1v) is 6.95. The van der Waals surface area contributed by atoms with Crippen LogP contribution in [0.15, 0.2) is 42.6 Å². The Bertz CT molecular complexity index is 651. The number of carbonyl (C=O) groups excluding carboxylic acids is 1. The summed E-state index contributed by atoms with van der Waals surface area (Å²) in [5.41, 5.74) is 1.08. The molecule has 0 saturated carbocycles. The Morgan fingerprint density at radius 2 is 2.23 bits per heavy atom. The van der Waals surface area contributed by atoms with Crippen LogP contribution in [0.3, 0.4) is 0 Å². The van der Waals surface area contributed by atoms with Crippen molar-refractivity contribution in [3.05, 3.63) is 53.2 Å². The predicted octanol–water partition coefficient (Wildman–Crippen LogP) is 2.60. The highest BCUT2D eigenvalue weighted by Crippen LogP contribution is 2.20. The average molecular weight is 322 g/mol. The molecule has 6 nitrogen and oxygen atoms in total. The molecule has 116 valence electrons. The zero-order chi connectivity index (χ0) is 15.9. The average Bonchev–Trinajstić information content (AvgIpc) is 2.53. The van der Waals surface area contributed by atoms with Crippen LogP contribution in [0, 0.1) is 0 Å². The summed E-state index contributed by atoms with van der Waals surface area (Å²) < 4.78 is 5.04. The van der Waals surface area contributed by atoms with Crippen molar-refractivity contribution in [2.24, 2.45) is 0 Å². The van der Waals surface area contributed by atoms with E-state index >= 15 is 0 Å². The van der Waals surface area contributed by atoms with E-state index in [4.69, 9.17) is 16.3 Å². The van der Waals surface area contributed by atoms with Crippen LogP contribution in [0.1, 0.15) is 11.7 Å². The number of nitrogens with one attached hydrogen (secondary N) is 2. The first-order chi connectivity index (χ1) is 10.6. The third-order valence-corrected chi connectivity index (χ3v) is 3.14. The second-order valence-electron chi connectivity index (χ2n) is 4.47.